The van der Waals surface area contributed by atoms with Gasteiger partial charge in [-0.05, 0) is 56.0 Å². The lowest BCUT2D eigenvalue weighted by atomic mass is 10.0. The van der Waals surface area contributed by atoms with E-state index in [9.17, 15) is 9.59 Å². The van der Waals surface area contributed by atoms with Crippen LogP contribution in [0.3, 0.4) is 0 Å². The number of fused-ring (bicyclic) bond motifs is 2. The first-order valence-electron chi connectivity index (χ1n) is 9.16. The average molecular weight is 353 g/mol. The van der Waals surface area contributed by atoms with E-state index in [1.807, 2.05) is 11.0 Å². The van der Waals surface area contributed by atoms with Crippen LogP contribution in [0.25, 0.3) is 10.9 Å². The zero-order valence-electron chi connectivity index (χ0n) is 15.2. The van der Waals surface area contributed by atoms with E-state index in [1.165, 1.54) is 11.1 Å². The zero-order valence-corrected chi connectivity index (χ0v) is 15.2. The Hall–Kier alpha value is -2.63. The van der Waals surface area contributed by atoms with E-state index in [0.29, 0.717) is 31.9 Å². The second kappa shape index (κ2) is 6.59. The van der Waals surface area contributed by atoms with Gasteiger partial charge in [-0.1, -0.05) is 0 Å². The SMILES string of the molecule is Cc1cc2cc3c(nc2cc1C)OC(=O)N(CCCN1CCCC1=O)C3. The van der Waals surface area contributed by atoms with Gasteiger partial charge >= 0.3 is 6.09 Å². The molecule has 6 nitrogen and oxygen atoms in total. The summed E-state index contributed by atoms with van der Waals surface area (Å²) >= 11 is 0. The molecule has 1 fully saturated rings. The maximum atomic E-state index is 12.3. The molecule has 0 atom stereocenters. The van der Waals surface area contributed by atoms with Crippen LogP contribution < -0.4 is 4.74 Å². The van der Waals surface area contributed by atoms with E-state index in [2.05, 4.69) is 31.0 Å². The predicted molar refractivity (Wildman–Crippen MR) is 98.1 cm³/mol. The minimum absolute atomic E-state index is 0.220. The number of aryl methyl sites for hydroxylation is 2. The van der Waals surface area contributed by atoms with Crippen molar-refractivity contribution in [3.8, 4) is 5.88 Å². The molecule has 2 aromatic rings. The highest BCUT2D eigenvalue weighted by atomic mass is 16.6. The van der Waals surface area contributed by atoms with Crippen LogP contribution in [0, 0.1) is 13.8 Å². The Kier molecular flexibility index (Phi) is 4.26. The minimum Gasteiger partial charge on any atom is -0.391 e. The lowest BCUT2D eigenvalue weighted by Crippen LogP contribution is -2.39. The predicted octanol–water partition coefficient (Wildman–Crippen LogP) is 3.18. The van der Waals surface area contributed by atoms with Crippen LogP contribution in [-0.4, -0.2) is 46.4 Å². The number of amides is 2. The van der Waals surface area contributed by atoms with Crippen LogP contribution in [0.2, 0.25) is 0 Å². The number of benzene rings is 1. The van der Waals surface area contributed by atoms with Crippen molar-refractivity contribution < 1.29 is 14.3 Å². The summed E-state index contributed by atoms with van der Waals surface area (Å²) in [7, 11) is 0. The smallest absolute Gasteiger partial charge is 0.391 e. The van der Waals surface area contributed by atoms with E-state index in [4.69, 9.17) is 4.74 Å². The van der Waals surface area contributed by atoms with E-state index in [0.717, 1.165) is 35.9 Å². The molecule has 3 heterocycles. The van der Waals surface area contributed by atoms with E-state index in [1.54, 1.807) is 4.90 Å². The third kappa shape index (κ3) is 3.11. The van der Waals surface area contributed by atoms with Gasteiger partial charge in [-0.3, -0.25) is 4.79 Å². The molecule has 1 aromatic carbocycles. The summed E-state index contributed by atoms with van der Waals surface area (Å²) in [5, 5.41) is 1.06. The third-order valence-electron chi connectivity index (χ3n) is 5.30. The second-order valence-corrected chi connectivity index (χ2v) is 7.21. The largest absolute Gasteiger partial charge is 0.416 e. The number of carbonyl (C=O) groups excluding carboxylic acids is 2. The molecule has 0 aliphatic carbocycles. The Bertz CT molecular complexity index is 893. The first kappa shape index (κ1) is 16.8. The molecule has 1 aromatic heterocycles. The Morgan fingerprint density at radius 2 is 1.85 bits per heavy atom. The second-order valence-electron chi connectivity index (χ2n) is 7.21. The van der Waals surface area contributed by atoms with Crippen LogP contribution in [0.5, 0.6) is 5.88 Å². The normalized spacial score (nSPS) is 17.0. The molecule has 0 saturated carbocycles. The number of ether oxygens (including phenoxy) is 1. The van der Waals surface area contributed by atoms with Gasteiger partial charge in [-0.2, -0.15) is 0 Å². The molecule has 0 bridgehead atoms. The first-order valence-corrected chi connectivity index (χ1v) is 9.16. The fraction of sp³-hybridized carbons (Fsp3) is 0.450. The molecule has 136 valence electrons. The maximum Gasteiger partial charge on any atom is 0.416 e. The molecule has 0 N–H and O–H groups in total. The number of hydrogen-bond donors (Lipinski definition) is 0. The lowest BCUT2D eigenvalue weighted by molar-refractivity contribution is -0.127. The fourth-order valence-corrected chi connectivity index (χ4v) is 3.65. The van der Waals surface area contributed by atoms with Crippen LogP contribution in [0.4, 0.5) is 4.79 Å². The van der Waals surface area contributed by atoms with Crippen molar-refractivity contribution in [1.29, 1.82) is 0 Å². The van der Waals surface area contributed by atoms with Gasteiger partial charge in [0.2, 0.25) is 11.8 Å². The lowest BCUT2D eigenvalue weighted by Gasteiger charge is -2.28. The molecule has 2 aliphatic heterocycles. The van der Waals surface area contributed by atoms with Gasteiger partial charge < -0.3 is 14.5 Å². The monoisotopic (exact) mass is 353 g/mol. The molecule has 0 spiro atoms. The van der Waals surface area contributed by atoms with Gasteiger partial charge in [-0.15, -0.1) is 0 Å². The van der Waals surface area contributed by atoms with E-state index < -0.39 is 0 Å². The molecular formula is C20H23N3O3. The van der Waals surface area contributed by atoms with Crippen molar-refractivity contribution in [3.63, 3.8) is 0 Å². The fourth-order valence-electron chi connectivity index (χ4n) is 3.65. The topological polar surface area (TPSA) is 62.7 Å². The van der Waals surface area contributed by atoms with Crippen LogP contribution in [0.15, 0.2) is 18.2 Å². The van der Waals surface area contributed by atoms with Gasteiger partial charge in [0, 0.05) is 37.0 Å². The summed E-state index contributed by atoms with van der Waals surface area (Å²) in [5.74, 6) is 0.634. The van der Waals surface area contributed by atoms with Crippen LogP contribution in [-0.2, 0) is 11.3 Å². The summed E-state index contributed by atoms with van der Waals surface area (Å²) in [5.41, 5.74) is 4.17. The van der Waals surface area contributed by atoms with Crippen molar-refractivity contribution in [2.75, 3.05) is 19.6 Å². The number of hydrogen-bond acceptors (Lipinski definition) is 4. The summed E-state index contributed by atoms with van der Waals surface area (Å²) < 4.78 is 5.46. The summed E-state index contributed by atoms with van der Waals surface area (Å²) in [6.45, 7) is 6.74. The van der Waals surface area contributed by atoms with E-state index in [-0.39, 0.29) is 12.0 Å². The average Bonchev–Trinajstić information content (AvgIpc) is 3.00. The number of pyridine rings is 1. The van der Waals surface area contributed by atoms with Crippen LogP contribution >= 0.6 is 0 Å². The van der Waals surface area contributed by atoms with E-state index >= 15 is 0 Å². The highest BCUT2D eigenvalue weighted by Crippen LogP contribution is 2.29. The first-order chi connectivity index (χ1) is 12.5. The number of aromatic nitrogens is 1. The molecule has 0 radical (unpaired) electrons. The Morgan fingerprint density at radius 3 is 2.62 bits per heavy atom. The maximum absolute atomic E-state index is 12.3. The van der Waals surface area contributed by atoms with Gasteiger partial charge in [-0.25, -0.2) is 9.78 Å². The van der Waals surface area contributed by atoms with Crippen molar-refractivity contribution in [3.05, 3.63) is 34.9 Å². The number of rotatable bonds is 4. The van der Waals surface area contributed by atoms with Crippen molar-refractivity contribution >= 4 is 22.9 Å². The summed E-state index contributed by atoms with van der Waals surface area (Å²) in [6, 6.07) is 6.21. The molecule has 6 heteroatoms. The number of likely N-dealkylation sites (tertiary alicyclic amines) is 1. The standard InChI is InChI=1S/C20H23N3O3/c1-13-9-15-11-16-12-23(8-4-7-22-6-3-5-18(22)24)20(25)26-19(16)21-17(15)10-14(13)2/h9-11H,3-8,12H2,1-2H3. The van der Waals surface area contributed by atoms with Crippen LogP contribution in [0.1, 0.15) is 36.0 Å². The molecule has 1 saturated heterocycles. The van der Waals surface area contributed by atoms with Gasteiger partial charge in [0.1, 0.15) is 0 Å². The molecule has 26 heavy (non-hydrogen) atoms. The van der Waals surface area contributed by atoms with Gasteiger partial charge in [0.05, 0.1) is 12.1 Å². The van der Waals surface area contributed by atoms with Gasteiger partial charge in [0.15, 0.2) is 0 Å². The van der Waals surface area contributed by atoms with Crippen molar-refractivity contribution in [1.82, 2.24) is 14.8 Å². The number of nitrogens with zero attached hydrogens (tertiary/aromatic N) is 3. The molecule has 4 rings (SSSR count). The zero-order chi connectivity index (χ0) is 18.3. The van der Waals surface area contributed by atoms with Crippen molar-refractivity contribution in [2.24, 2.45) is 0 Å². The highest BCUT2D eigenvalue weighted by molar-refractivity contribution is 5.83. The summed E-state index contributed by atoms with van der Waals surface area (Å²) in [6.07, 6.45) is 1.99. The number of carbonyl (C=O) groups is 2. The third-order valence-corrected chi connectivity index (χ3v) is 5.30. The minimum atomic E-state index is -0.360. The Labute approximate surface area is 152 Å². The molecule has 2 amide bonds. The summed E-state index contributed by atoms with van der Waals surface area (Å²) in [4.78, 5) is 32.1. The highest BCUT2D eigenvalue weighted by Gasteiger charge is 2.27. The Morgan fingerprint density at radius 1 is 1.08 bits per heavy atom. The molecule has 2 aliphatic rings. The quantitative estimate of drug-likeness (QED) is 0.847. The van der Waals surface area contributed by atoms with Gasteiger partial charge in [0.25, 0.3) is 0 Å². The molecule has 0 unspecified atom stereocenters. The molecular weight excluding hydrogens is 330 g/mol. The Balaban J connectivity index is 1.48. The van der Waals surface area contributed by atoms with Crippen molar-refractivity contribution in [2.45, 2.75) is 39.7 Å².